The summed E-state index contributed by atoms with van der Waals surface area (Å²) in [6.45, 7) is 3.21. The first-order valence-electron chi connectivity index (χ1n) is 9.88. The van der Waals surface area contributed by atoms with Crippen molar-refractivity contribution in [3.63, 3.8) is 0 Å². The van der Waals surface area contributed by atoms with E-state index in [1.807, 2.05) is 6.92 Å². The second-order valence-corrected chi connectivity index (χ2v) is 8.01. The van der Waals surface area contributed by atoms with Crippen molar-refractivity contribution in [2.75, 3.05) is 17.6 Å². The smallest absolute Gasteiger partial charge is 0.383 e. The molecule has 0 unspecified atom stereocenters. The van der Waals surface area contributed by atoms with Gasteiger partial charge in [-0.05, 0) is 35.9 Å². The zero-order valence-corrected chi connectivity index (χ0v) is 19.2. The number of nitrogens with one attached hydrogen (secondary N) is 2. The highest BCUT2D eigenvalue weighted by Crippen LogP contribution is 2.32. The number of carbonyl (C=O) groups excluding carboxylic acids is 1. The van der Waals surface area contributed by atoms with Crippen molar-refractivity contribution in [3.8, 4) is 5.69 Å². The summed E-state index contributed by atoms with van der Waals surface area (Å²) in [6, 6.07) is 3.76. The van der Waals surface area contributed by atoms with Gasteiger partial charge in [0, 0.05) is 12.7 Å². The topological polar surface area (TPSA) is 115 Å². The molecule has 1 amide bonds. The molecule has 3 rings (SSSR count). The van der Waals surface area contributed by atoms with Gasteiger partial charge in [-0.15, -0.1) is 0 Å². The number of nitrogens with zero attached hydrogens (tertiary/aromatic N) is 3. The van der Waals surface area contributed by atoms with Gasteiger partial charge in [0.05, 0.1) is 34.0 Å². The number of pyridine rings is 1. The number of benzene rings is 1. The molecule has 0 spiro atoms. The molecule has 0 fully saturated rings. The Labute approximate surface area is 201 Å². The van der Waals surface area contributed by atoms with Crippen molar-refractivity contribution < 1.29 is 18.0 Å². The van der Waals surface area contributed by atoms with Crippen LogP contribution in [0, 0.1) is 0 Å². The number of nitrogen functional groups attached to an aromatic ring is 1. The predicted molar refractivity (Wildman–Crippen MR) is 124 cm³/mol. The Morgan fingerprint density at radius 2 is 1.82 bits per heavy atom. The highest BCUT2D eigenvalue weighted by molar-refractivity contribution is 6.37. The lowest BCUT2D eigenvalue weighted by Crippen LogP contribution is -2.31. The maximum absolute atomic E-state index is 13.1. The van der Waals surface area contributed by atoms with Gasteiger partial charge in [0.2, 0.25) is 0 Å². The molecule has 0 bridgehead atoms. The van der Waals surface area contributed by atoms with Crippen LogP contribution in [0.15, 0.2) is 41.7 Å². The Morgan fingerprint density at radius 3 is 2.44 bits per heavy atom. The minimum Gasteiger partial charge on any atom is -0.383 e. The quantitative estimate of drug-likeness (QED) is 0.439. The highest BCUT2D eigenvalue weighted by Gasteiger charge is 2.29. The Bertz CT molecular complexity index is 1260. The summed E-state index contributed by atoms with van der Waals surface area (Å²) in [5.41, 5.74) is 5.19. The summed E-state index contributed by atoms with van der Waals surface area (Å²) in [7, 11) is 0. The number of hydrogen-bond acceptors (Lipinski definition) is 6. The fraction of sp³-hybridized carbons (Fsp3) is 0.238. The van der Waals surface area contributed by atoms with Crippen LogP contribution < -0.4 is 21.9 Å². The van der Waals surface area contributed by atoms with Crippen LogP contribution in [0.4, 0.5) is 24.7 Å². The van der Waals surface area contributed by atoms with Gasteiger partial charge >= 0.3 is 6.18 Å². The molecule has 0 aliphatic heterocycles. The van der Waals surface area contributed by atoms with E-state index in [1.165, 1.54) is 6.20 Å². The first-order valence-corrected chi connectivity index (χ1v) is 10.6. The van der Waals surface area contributed by atoms with Crippen LogP contribution >= 0.6 is 23.2 Å². The molecule has 1 aromatic carbocycles. The van der Waals surface area contributed by atoms with Crippen LogP contribution in [0.3, 0.4) is 0 Å². The van der Waals surface area contributed by atoms with Gasteiger partial charge in [0.1, 0.15) is 17.7 Å². The Kier molecular flexibility index (Phi) is 7.80. The molecular weight excluding hydrogens is 496 g/mol. The average Bonchev–Trinajstić information content (AvgIpc) is 2.72. The van der Waals surface area contributed by atoms with Crippen LogP contribution in [0.2, 0.25) is 10.0 Å². The molecule has 0 aliphatic carbocycles. The van der Waals surface area contributed by atoms with Crippen molar-refractivity contribution in [3.05, 3.63) is 74.0 Å². The number of alkyl halides is 3. The molecule has 13 heteroatoms. The first kappa shape index (κ1) is 25.5. The van der Waals surface area contributed by atoms with E-state index < -0.39 is 29.6 Å². The largest absolute Gasteiger partial charge is 0.393 e. The molecule has 0 saturated heterocycles. The number of carbonyl (C=O) groups is 1. The second-order valence-electron chi connectivity index (χ2n) is 7.20. The number of anilines is 2. The molecule has 8 nitrogen and oxygen atoms in total. The number of rotatable bonds is 7. The summed E-state index contributed by atoms with van der Waals surface area (Å²) in [5.74, 6) is -1.20. The van der Waals surface area contributed by atoms with E-state index in [-0.39, 0.29) is 27.1 Å². The zero-order valence-electron chi connectivity index (χ0n) is 17.7. The van der Waals surface area contributed by atoms with E-state index in [0.717, 1.165) is 35.1 Å². The van der Waals surface area contributed by atoms with Crippen molar-refractivity contribution >= 4 is 40.6 Å². The van der Waals surface area contributed by atoms with Crippen LogP contribution in [0.25, 0.3) is 5.69 Å². The SMILES string of the molecule is CCNCc1cncc(NC(=O)c2c(N)ncn(-c3c(Cl)cc(CC(F)(F)F)cc3Cl)c2=O)c1. The Morgan fingerprint density at radius 1 is 1.15 bits per heavy atom. The van der Waals surface area contributed by atoms with E-state index in [2.05, 4.69) is 20.6 Å². The van der Waals surface area contributed by atoms with Gasteiger partial charge in [0.25, 0.3) is 11.5 Å². The number of nitrogens with two attached hydrogens (primary N) is 1. The fourth-order valence-corrected chi connectivity index (χ4v) is 3.85. The van der Waals surface area contributed by atoms with E-state index in [0.29, 0.717) is 12.2 Å². The fourth-order valence-electron chi connectivity index (χ4n) is 3.14. The number of amides is 1. The molecule has 0 atom stereocenters. The molecule has 34 heavy (non-hydrogen) atoms. The average molecular weight is 515 g/mol. The predicted octanol–water partition coefficient (Wildman–Crippen LogP) is 3.98. The van der Waals surface area contributed by atoms with Gasteiger partial charge < -0.3 is 16.4 Å². The minimum atomic E-state index is -4.47. The van der Waals surface area contributed by atoms with Crippen LogP contribution in [-0.4, -0.2) is 33.2 Å². The molecule has 180 valence electrons. The van der Waals surface area contributed by atoms with Gasteiger partial charge in [-0.1, -0.05) is 30.1 Å². The molecule has 3 aromatic rings. The van der Waals surface area contributed by atoms with E-state index in [1.54, 1.807) is 12.3 Å². The molecule has 4 N–H and O–H groups in total. The Balaban J connectivity index is 1.97. The van der Waals surface area contributed by atoms with Crippen LogP contribution in [-0.2, 0) is 13.0 Å². The summed E-state index contributed by atoms with van der Waals surface area (Å²) in [6.07, 6.45) is -1.72. The summed E-state index contributed by atoms with van der Waals surface area (Å²) in [5, 5.41) is 5.21. The molecule has 0 radical (unpaired) electrons. The molecule has 2 aromatic heterocycles. The Hall–Kier alpha value is -3.15. The molecule has 0 saturated carbocycles. The number of halogens is 5. The first-order chi connectivity index (χ1) is 16.0. The van der Waals surface area contributed by atoms with Gasteiger partial charge in [0.15, 0.2) is 0 Å². The molecular formula is C21H19Cl2F3N6O2. The third kappa shape index (κ3) is 6.04. The maximum atomic E-state index is 13.1. The lowest BCUT2D eigenvalue weighted by molar-refractivity contribution is -0.127. The highest BCUT2D eigenvalue weighted by atomic mass is 35.5. The van der Waals surface area contributed by atoms with E-state index in [9.17, 15) is 22.8 Å². The zero-order chi connectivity index (χ0) is 25.0. The van der Waals surface area contributed by atoms with Gasteiger partial charge in [-0.3, -0.25) is 19.1 Å². The normalized spacial score (nSPS) is 11.5. The summed E-state index contributed by atoms with van der Waals surface area (Å²) < 4.78 is 39.0. The third-order valence-corrected chi connectivity index (χ3v) is 5.16. The van der Waals surface area contributed by atoms with Gasteiger partial charge in [-0.2, -0.15) is 13.2 Å². The molecule has 2 heterocycles. The standard InChI is InChI=1S/C21H19Cl2F3N6O2/c1-2-28-7-12-3-13(9-29-8-12)31-19(33)16-18(27)30-10-32(20(16)34)17-14(22)4-11(5-15(17)23)6-21(24,25)26/h3-5,8-10,28H,2,6-7,27H2,1H3,(H,31,33). The third-order valence-electron chi connectivity index (χ3n) is 4.58. The monoisotopic (exact) mass is 514 g/mol. The lowest BCUT2D eigenvalue weighted by Gasteiger charge is -2.15. The van der Waals surface area contributed by atoms with Crippen molar-refractivity contribution in [2.45, 2.75) is 26.1 Å². The van der Waals surface area contributed by atoms with E-state index >= 15 is 0 Å². The lowest BCUT2D eigenvalue weighted by atomic mass is 10.1. The minimum absolute atomic E-state index is 0.130. The van der Waals surface area contributed by atoms with Crippen LogP contribution in [0.1, 0.15) is 28.4 Å². The number of aromatic nitrogens is 3. The summed E-state index contributed by atoms with van der Waals surface area (Å²) in [4.78, 5) is 33.9. The number of hydrogen-bond donors (Lipinski definition) is 3. The van der Waals surface area contributed by atoms with Crippen molar-refractivity contribution in [1.29, 1.82) is 0 Å². The van der Waals surface area contributed by atoms with Crippen molar-refractivity contribution in [1.82, 2.24) is 19.9 Å². The second kappa shape index (κ2) is 10.4. The van der Waals surface area contributed by atoms with E-state index in [4.69, 9.17) is 28.9 Å². The maximum Gasteiger partial charge on any atom is 0.393 e. The summed E-state index contributed by atoms with van der Waals surface area (Å²) >= 11 is 12.3. The van der Waals surface area contributed by atoms with Crippen molar-refractivity contribution in [2.24, 2.45) is 0 Å². The molecule has 0 aliphatic rings. The van der Waals surface area contributed by atoms with Gasteiger partial charge in [-0.25, -0.2) is 4.98 Å². The van der Waals surface area contributed by atoms with Crippen LogP contribution in [0.5, 0.6) is 0 Å².